The second-order valence-corrected chi connectivity index (χ2v) is 9.57. The van der Waals surface area contributed by atoms with Gasteiger partial charge in [0.05, 0.1) is 0 Å². The number of carbonyl (C=O) groups is 2. The van der Waals surface area contributed by atoms with Gasteiger partial charge >= 0.3 is 6.03 Å². The highest BCUT2D eigenvalue weighted by molar-refractivity contribution is 5.99. The average Bonchev–Trinajstić information content (AvgIpc) is 3.31. The molecule has 2 aliphatic heterocycles. The molecule has 0 spiro atoms. The van der Waals surface area contributed by atoms with E-state index in [0.29, 0.717) is 54.1 Å². The maximum absolute atomic E-state index is 13.3. The fourth-order valence-electron chi connectivity index (χ4n) is 4.48. The number of fused-ring (bicyclic) bond motifs is 2. The van der Waals surface area contributed by atoms with Gasteiger partial charge in [-0.05, 0) is 65.9 Å². The number of rotatable bonds is 6. The van der Waals surface area contributed by atoms with Gasteiger partial charge in [0.1, 0.15) is 5.75 Å². The van der Waals surface area contributed by atoms with Crippen LogP contribution in [-0.2, 0) is 17.9 Å². The van der Waals surface area contributed by atoms with E-state index >= 15 is 0 Å². The molecule has 0 aliphatic carbocycles. The van der Waals surface area contributed by atoms with Crippen LogP contribution in [-0.4, -0.2) is 29.7 Å². The second kappa shape index (κ2) is 10.4. The summed E-state index contributed by atoms with van der Waals surface area (Å²) in [5.41, 5.74) is 4.30. The summed E-state index contributed by atoms with van der Waals surface area (Å²) in [6.07, 6.45) is -0.0281. The normalized spacial score (nSPS) is 16.2. The molecule has 2 aliphatic rings. The van der Waals surface area contributed by atoms with Crippen LogP contribution in [0.1, 0.15) is 49.8 Å². The summed E-state index contributed by atoms with van der Waals surface area (Å²) in [6, 6.07) is 18.6. The van der Waals surface area contributed by atoms with Crippen molar-refractivity contribution >= 4 is 23.3 Å². The molecule has 0 saturated heterocycles. The van der Waals surface area contributed by atoms with Gasteiger partial charge in [0, 0.05) is 30.0 Å². The molecule has 0 saturated carbocycles. The van der Waals surface area contributed by atoms with Gasteiger partial charge in [0.2, 0.25) is 6.79 Å². The molecule has 0 bridgehead atoms. The number of nitrogens with zero attached hydrogens (tertiary/aromatic N) is 1. The Kier molecular flexibility index (Phi) is 6.90. The summed E-state index contributed by atoms with van der Waals surface area (Å²) in [4.78, 5) is 27.7. The van der Waals surface area contributed by atoms with Crippen molar-refractivity contribution in [2.24, 2.45) is 0 Å². The van der Waals surface area contributed by atoms with Gasteiger partial charge < -0.3 is 29.7 Å². The maximum atomic E-state index is 13.3. The van der Waals surface area contributed by atoms with E-state index in [-0.39, 0.29) is 18.7 Å². The molecular formula is C29H31N3O5. The summed E-state index contributed by atoms with van der Waals surface area (Å²) in [5, 5.41) is 5.75. The molecule has 192 valence electrons. The second-order valence-electron chi connectivity index (χ2n) is 9.57. The van der Waals surface area contributed by atoms with Crippen LogP contribution in [0.15, 0.2) is 60.7 Å². The SMILES string of the molecule is CC[C@H]1Oc2ccc(NC(=O)Nc3ccc(C(C)C)cc3)cc2CN(Cc2ccc3c(c2)OCO3)C1=O. The van der Waals surface area contributed by atoms with E-state index < -0.39 is 6.10 Å². The number of urea groups is 1. The van der Waals surface area contributed by atoms with Crippen molar-refractivity contribution in [2.75, 3.05) is 17.4 Å². The summed E-state index contributed by atoms with van der Waals surface area (Å²) in [5.74, 6) is 2.38. The van der Waals surface area contributed by atoms with Crippen molar-refractivity contribution < 1.29 is 23.8 Å². The van der Waals surface area contributed by atoms with Crippen LogP contribution in [0.4, 0.5) is 16.2 Å². The quantitative estimate of drug-likeness (QED) is 0.440. The Morgan fingerprint density at radius 2 is 1.65 bits per heavy atom. The van der Waals surface area contributed by atoms with Crippen molar-refractivity contribution in [1.29, 1.82) is 0 Å². The van der Waals surface area contributed by atoms with E-state index in [9.17, 15) is 9.59 Å². The Bertz CT molecular complexity index is 1310. The van der Waals surface area contributed by atoms with Crippen molar-refractivity contribution in [2.45, 2.75) is 52.3 Å². The molecule has 1 atom stereocenters. The third-order valence-corrected chi connectivity index (χ3v) is 6.55. The molecule has 0 fully saturated rings. The van der Waals surface area contributed by atoms with Gasteiger partial charge in [-0.25, -0.2) is 4.79 Å². The lowest BCUT2D eigenvalue weighted by Crippen LogP contribution is -2.38. The fourth-order valence-corrected chi connectivity index (χ4v) is 4.48. The number of amides is 3. The Hall–Kier alpha value is -4.20. The fraction of sp³-hybridized carbons (Fsp3) is 0.310. The number of anilines is 2. The van der Waals surface area contributed by atoms with Crippen LogP contribution in [0.25, 0.3) is 0 Å². The smallest absolute Gasteiger partial charge is 0.323 e. The van der Waals surface area contributed by atoms with Crippen molar-refractivity contribution in [1.82, 2.24) is 4.90 Å². The summed E-state index contributed by atoms with van der Waals surface area (Å²) in [6.45, 7) is 7.15. The van der Waals surface area contributed by atoms with Crippen LogP contribution < -0.4 is 24.8 Å². The van der Waals surface area contributed by atoms with E-state index in [2.05, 4.69) is 24.5 Å². The number of ether oxygens (including phenoxy) is 3. The molecule has 2 N–H and O–H groups in total. The Balaban J connectivity index is 1.31. The third kappa shape index (κ3) is 5.48. The van der Waals surface area contributed by atoms with Crippen LogP contribution in [0.5, 0.6) is 17.2 Å². The minimum absolute atomic E-state index is 0.0755. The molecule has 3 aromatic rings. The van der Waals surface area contributed by atoms with Gasteiger partial charge in [-0.2, -0.15) is 0 Å². The zero-order valence-electron chi connectivity index (χ0n) is 21.2. The van der Waals surface area contributed by atoms with E-state index in [1.54, 1.807) is 11.0 Å². The molecule has 3 amide bonds. The largest absolute Gasteiger partial charge is 0.480 e. The third-order valence-electron chi connectivity index (χ3n) is 6.55. The Morgan fingerprint density at radius 3 is 2.41 bits per heavy atom. The Morgan fingerprint density at radius 1 is 0.946 bits per heavy atom. The first kappa shape index (κ1) is 24.5. The lowest BCUT2D eigenvalue weighted by atomic mass is 10.0. The van der Waals surface area contributed by atoms with Gasteiger partial charge in [-0.15, -0.1) is 0 Å². The minimum Gasteiger partial charge on any atom is -0.480 e. The van der Waals surface area contributed by atoms with Crippen LogP contribution in [0, 0.1) is 0 Å². The van der Waals surface area contributed by atoms with E-state index in [0.717, 1.165) is 11.1 Å². The molecule has 0 aromatic heterocycles. The van der Waals surface area contributed by atoms with Gasteiger partial charge in [0.15, 0.2) is 17.6 Å². The summed E-state index contributed by atoms with van der Waals surface area (Å²) in [7, 11) is 0. The van der Waals surface area contributed by atoms with Crippen molar-refractivity contribution in [3.8, 4) is 17.2 Å². The highest BCUT2D eigenvalue weighted by Gasteiger charge is 2.30. The number of hydrogen-bond acceptors (Lipinski definition) is 5. The highest BCUT2D eigenvalue weighted by atomic mass is 16.7. The van der Waals surface area contributed by atoms with Gasteiger partial charge in [-0.1, -0.05) is 39.0 Å². The summed E-state index contributed by atoms with van der Waals surface area (Å²) < 4.78 is 17.0. The lowest BCUT2D eigenvalue weighted by Gasteiger charge is -2.23. The molecule has 8 heteroatoms. The Labute approximate surface area is 216 Å². The first-order valence-electron chi connectivity index (χ1n) is 12.5. The average molecular weight is 502 g/mol. The van der Waals surface area contributed by atoms with Crippen LogP contribution in [0.3, 0.4) is 0 Å². The maximum Gasteiger partial charge on any atom is 0.323 e. The van der Waals surface area contributed by atoms with Crippen LogP contribution >= 0.6 is 0 Å². The number of hydrogen-bond donors (Lipinski definition) is 2. The molecular weight excluding hydrogens is 470 g/mol. The molecule has 5 rings (SSSR count). The topological polar surface area (TPSA) is 89.1 Å². The van der Waals surface area contributed by atoms with Crippen molar-refractivity contribution in [3.63, 3.8) is 0 Å². The summed E-state index contributed by atoms with van der Waals surface area (Å²) >= 11 is 0. The monoisotopic (exact) mass is 501 g/mol. The lowest BCUT2D eigenvalue weighted by molar-refractivity contribution is -0.139. The minimum atomic E-state index is -0.578. The van der Waals surface area contributed by atoms with Gasteiger partial charge in [-0.3, -0.25) is 4.79 Å². The molecule has 0 radical (unpaired) electrons. The van der Waals surface area contributed by atoms with E-state index in [1.165, 1.54) is 5.56 Å². The molecule has 2 heterocycles. The van der Waals surface area contributed by atoms with E-state index in [1.807, 2.05) is 61.5 Å². The zero-order chi connectivity index (χ0) is 25.9. The van der Waals surface area contributed by atoms with E-state index in [4.69, 9.17) is 14.2 Å². The standard InChI is InChI=1S/C29H31N3O5/c1-4-24-28(33)32(15-19-5-11-26-27(13-19)36-17-35-26)16-21-14-23(10-12-25(21)37-24)31-29(34)30-22-8-6-20(7-9-22)18(2)3/h5-14,18,24H,4,15-17H2,1-3H3,(H2,30,31,34)/t24-/m1/s1. The number of nitrogens with one attached hydrogen (secondary N) is 2. The predicted octanol–water partition coefficient (Wildman–Crippen LogP) is 5.88. The number of carbonyl (C=O) groups excluding carboxylic acids is 2. The highest BCUT2D eigenvalue weighted by Crippen LogP contribution is 2.34. The molecule has 8 nitrogen and oxygen atoms in total. The van der Waals surface area contributed by atoms with Crippen molar-refractivity contribution in [3.05, 3.63) is 77.4 Å². The first-order valence-corrected chi connectivity index (χ1v) is 12.5. The predicted molar refractivity (Wildman–Crippen MR) is 141 cm³/mol. The van der Waals surface area contributed by atoms with Crippen LogP contribution in [0.2, 0.25) is 0 Å². The molecule has 0 unspecified atom stereocenters. The number of benzene rings is 3. The first-order chi connectivity index (χ1) is 17.9. The van der Waals surface area contributed by atoms with Gasteiger partial charge in [0.25, 0.3) is 5.91 Å². The molecule has 37 heavy (non-hydrogen) atoms. The zero-order valence-corrected chi connectivity index (χ0v) is 21.2. The molecule has 3 aromatic carbocycles.